The van der Waals surface area contributed by atoms with Gasteiger partial charge in [-0.1, -0.05) is 62.8 Å². The lowest BCUT2D eigenvalue weighted by atomic mass is 9.86. The van der Waals surface area contributed by atoms with E-state index < -0.39 is 6.30 Å². The zero-order valence-electron chi connectivity index (χ0n) is 13.6. The van der Waals surface area contributed by atoms with Crippen LogP contribution < -0.4 is 0 Å². The highest BCUT2D eigenvalue weighted by atomic mass is 19.1. The van der Waals surface area contributed by atoms with E-state index in [0.717, 1.165) is 10.2 Å². The van der Waals surface area contributed by atoms with Crippen molar-refractivity contribution in [2.45, 2.75) is 32.5 Å². The summed E-state index contributed by atoms with van der Waals surface area (Å²) >= 11 is 0. The molecule has 1 unspecified atom stereocenters. The minimum Gasteiger partial charge on any atom is -0.391 e. The van der Waals surface area contributed by atoms with Gasteiger partial charge in [0.05, 0.1) is 0 Å². The highest BCUT2D eigenvalue weighted by Gasteiger charge is 2.22. The molecule has 0 spiro atoms. The maximum Gasteiger partial charge on any atom is 0.239 e. The Bertz CT molecular complexity index is 657. The first-order valence-electron chi connectivity index (χ1n) is 7.33. The fourth-order valence-electron chi connectivity index (χ4n) is 1.99. The van der Waals surface area contributed by atoms with Crippen molar-refractivity contribution >= 4 is 5.71 Å². The van der Waals surface area contributed by atoms with Crippen molar-refractivity contribution in [3.8, 4) is 0 Å². The molecule has 5 nitrogen and oxygen atoms in total. The van der Waals surface area contributed by atoms with Crippen LogP contribution in [0.3, 0.4) is 0 Å². The molecule has 0 saturated heterocycles. The third-order valence-electron chi connectivity index (χ3n) is 3.30. The van der Waals surface area contributed by atoms with Gasteiger partial charge < -0.3 is 4.84 Å². The number of nitrogens with zero attached hydrogens (tertiary/aromatic N) is 4. The molecule has 2 aromatic rings. The van der Waals surface area contributed by atoms with E-state index in [2.05, 4.69) is 42.6 Å². The Morgan fingerprint density at radius 2 is 2.09 bits per heavy atom. The molecule has 0 aliphatic heterocycles. The average Bonchev–Trinajstić information content (AvgIpc) is 3.05. The Hall–Kier alpha value is -2.50. The SMILES string of the molecule is C=CCO/N=C(/c1ccc(C(C)(C)C)cc1)C(F)n1cncn1. The summed E-state index contributed by atoms with van der Waals surface area (Å²) in [6, 6.07) is 7.60. The van der Waals surface area contributed by atoms with Gasteiger partial charge in [-0.2, -0.15) is 5.10 Å². The molecular weight excluding hydrogens is 295 g/mol. The van der Waals surface area contributed by atoms with Crippen LogP contribution in [0, 0.1) is 0 Å². The maximum absolute atomic E-state index is 14.7. The summed E-state index contributed by atoms with van der Waals surface area (Å²) in [5.74, 6) is 0. The Labute approximate surface area is 135 Å². The van der Waals surface area contributed by atoms with Gasteiger partial charge in [0.25, 0.3) is 0 Å². The van der Waals surface area contributed by atoms with E-state index in [1.165, 1.54) is 12.7 Å². The number of aromatic nitrogens is 3. The van der Waals surface area contributed by atoms with E-state index in [-0.39, 0.29) is 17.7 Å². The van der Waals surface area contributed by atoms with Gasteiger partial charge in [-0.05, 0) is 11.0 Å². The van der Waals surface area contributed by atoms with Crippen LogP contribution in [0.5, 0.6) is 0 Å². The lowest BCUT2D eigenvalue weighted by Crippen LogP contribution is -2.18. The highest BCUT2D eigenvalue weighted by Crippen LogP contribution is 2.24. The van der Waals surface area contributed by atoms with Crippen molar-refractivity contribution in [1.82, 2.24) is 14.8 Å². The predicted molar refractivity (Wildman–Crippen MR) is 88.0 cm³/mol. The van der Waals surface area contributed by atoms with Crippen molar-refractivity contribution in [3.05, 3.63) is 60.7 Å². The van der Waals surface area contributed by atoms with Gasteiger partial charge in [-0.15, -0.1) is 0 Å². The summed E-state index contributed by atoms with van der Waals surface area (Å²) in [5.41, 5.74) is 1.95. The first-order valence-corrected chi connectivity index (χ1v) is 7.33. The molecule has 1 aromatic heterocycles. The van der Waals surface area contributed by atoms with E-state index in [1.54, 1.807) is 6.08 Å². The monoisotopic (exact) mass is 316 g/mol. The molecule has 1 aromatic carbocycles. The van der Waals surface area contributed by atoms with Crippen LogP contribution in [-0.2, 0) is 10.3 Å². The van der Waals surface area contributed by atoms with Crippen molar-refractivity contribution in [2.75, 3.05) is 6.61 Å². The number of halogens is 1. The second kappa shape index (κ2) is 7.17. The summed E-state index contributed by atoms with van der Waals surface area (Å²) in [7, 11) is 0. The third kappa shape index (κ3) is 4.25. The van der Waals surface area contributed by atoms with Crippen LogP contribution in [-0.4, -0.2) is 27.1 Å². The Morgan fingerprint density at radius 3 is 2.61 bits per heavy atom. The number of hydrogen-bond donors (Lipinski definition) is 0. The Morgan fingerprint density at radius 1 is 1.39 bits per heavy atom. The van der Waals surface area contributed by atoms with Gasteiger partial charge in [0.15, 0.2) is 0 Å². The number of alkyl halides is 1. The second-order valence-electron chi connectivity index (χ2n) is 6.10. The first kappa shape index (κ1) is 16.9. The molecule has 2 rings (SSSR count). The molecule has 0 fully saturated rings. The molecule has 122 valence electrons. The van der Waals surface area contributed by atoms with Gasteiger partial charge >= 0.3 is 0 Å². The van der Waals surface area contributed by atoms with Crippen LogP contribution in [0.4, 0.5) is 4.39 Å². The molecular formula is C17H21FN4O. The van der Waals surface area contributed by atoms with Crippen LogP contribution in [0.25, 0.3) is 0 Å². The standard InChI is InChI=1S/C17H21FN4O/c1-5-10-23-21-15(16(18)22-12-19-11-20-22)13-6-8-14(9-7-13)17(2,3)4/h5-9,11-12,16H,1,10H2,2-4H3/b21-15-. The summed E-state index contributed by atoms with van der Waals surface area (Å²) in [6.07, 6.45) is 2.55. The van der Waals surface area contributed by atoms with E-state index >= 15 is 0 Å². The minimum atomic E-state index is -1.58. The highest BCUT2D eigenvalue weighted by molar-refractivity contribution is 6.02. The molecule has 1 heterocycles. The van der Waals surface area contributed by atoms with Crippen molar-refractivity contribution in [2.24, 2.45) is 5.16 Å². The van der Waals surface area contributed by atoms with Crippen LogP contribution in [0.1, 0.15) is 38.2 Å². The normalized spacial score (nSPS) is 13.7. The zero-order chi connectivity index (χ0) is 16.9. The minimum absolute atomic E-state index is 0.0240. The van der Waals surface area contributed by atoms with Gasteiger partial charge in [0.2, 0.25) is 6.30 Å². The van der Waals surface area contributed by atoms with Crippen LogP contribution in [0.15, 0.2) is 54.7 Å². The quantitative estimate of drug-likeness (QED) is 0.354. The van der Waals surface area contributed by atoms with Crippen molar-refractivity contribution in [3.63, 3.8) is 0 Å². The largest absolute Gasteiger partial charge is 0.391 e. The van der Waals surface area contributed by atoms with E-state index in [0.29, 0.717) is 5.56 Å². The number of rotatable bonds is 6. The fraction of sp³-hybridized carbons (Fsp3) is 0.353. The van der Waals surface area contributed by atoms with Gasteiger partial charge in [0.1, 0.15) is 25.0 Å². The molecule has 1 atom stereocenters. The molecule has 0 N–H and O–H groups in total. The van der Waals surface area contributed by atoms with E-state index in [1.807, 2.05) is 24.3 Å². The third-order valence-corrected chi connectivity index (χ3v) is 3.30. The molecule has 0 saturated carbocycles. The summed E-state index contributed by atoms with van der Waals surface area (Å²) in [5, 5.41) is 7.73. The van der Waals surface area contributed by atoms with Crippen LogP contribution in [0.2, 0.25) is 0 Å². The fourth-order valence-corrected chi connectivity index (χ4v) is 1.99. The molecule has 0 aliphatic rings. The molecule has 23 heavy (non-hydrogen) atoms. The second-order valence-corrected chi connectivity index (χ2v) is 6.10. The molecule has 0 amide bonds. The zero-order valence-corrected chi connectivity index (χ0v) is 13.6. The van der Waals surface area contributed by atoms with Gasteiger partial charge in [-0.3, -0.25) is 0 Å². The average molecular weight is 316 g/mol. The summed E-state index contributed by atoms with van der Waals surface area (Å²) < 4.78 is 15.8. The smallest absolute Gasteiger partial charge is 0.239 e. The van der Waals surface area contributed by atoms with Crippen molar-refractivity contribution in [1.29, 1.82) is 0 Å². The Balaban J connectivity index is 2.33. The topological polar surface area (TPSA) is 52.3 Å². The van der Waals surface area contributed by atoms with Gasteiger partial charge in [-0.25, -0.2) is 14.1 Å². The Kier molecular flexibility index (Phi) is 5.26. The molecule has 6 heteroatoms. The summed E-state index contributed by atoms with van der Waals surface area (Å²) in [6.45, 7) is 10.1. The van der Waals surface area contributed by atoms with E-state index in [9.17, 15) is 4.39 Å². The number of oxime groups is 1. The number of benzene rings is 1. The predicted octanol–water partition coefficient (Wildman–Crippen LogP) is 3.65. The van der Waals surface area contributed by atoms with Crippen molar-refractivity contribution < 1.29 is 9.23 Å². The molecule has 0 aliphatic carbocycles. The lowest BCUT2D eigenvalue weighted by molar-refractivity contribution is 0.168. The van der Waals surface area contributed by atoms with E-state index in [4.69, 9.17) is 4.84 Å². The number of hydrogen-bond acceptors (Lipinski definition) is 4. The molecule has 0 bridgehead atoms. The maximum atomic E-state index is 14.7. The first-order chi connectivity index (χ1) is 10.9. The van der Waals surface area contributed by atoms with Gasteiger partial charge in [0, 0.05) is 5.56 Å². The van der Waals surface area contributed by atoms with Crippen LogP contribution >= 0.6 is 0 Å². The molecule has 0 radical (unpaired) electrons. The lowest BCUT2D eigenvalue weighted by Gasteiger charge is -2.19. The summed E-state index contributed by atoms with van der Waals surface area (Å²) in [4.78, 5) is 8.85.